The van der Waals surface area contributed by atoms with Gasteiger partial charge in [0.1, 0.15) is 11.6 Å². The second-order valence-electron chi connectivity index (χ2n) is 7.95. The van der Waals surface area contributed by atoms with Crippen LogP contribution in [0, 0.1) is 11.7 Å². The SMILES string of the molecule is CC=CC1CCC(c2ccc(-c3ccc(OCCCCOC)cc3F)cc2)CC1. The molecule has 3 heteroatoms. The summed E-state index contributed by atoms with van der Waals surface area (Å²) in [6.45, 7) is 3.41. The van der Waals surface area contributed by atoms with Crippen molar-refractivity contribution in [2.75, 3.05) is 20.3 Å². The summed E-state index contributed by atoms with van der Waals surface area (Å²) in [5, 5.41) is 0. The smallest absolute Gasteiger partial charge is 0.134 e. The summed E-state index contributed by atoms with van der Waals surface area (Å²) >= 11 is 0. The molecule has 156 valence electrons. The first kappa shape index (κ1) is 21.6. The van der Waals surface area contributed by atoms with Crippen LogP contribution in [0.5, 0.6) is 5.75 Å². The lowest BCUT2D eigenvalue weighted by molar-refractivity contribution is 0.184. The Hall–Kier alpha value is -2.13. The summed E-state index contributed by atoms with van der Waals surface area (Å²) < 4.78 is 25.3. The molecule has 0 unspecified atom stereocenters. The van der Waals surface area contributed by atoms with Crippen LogP contribution in [-0.2, 0) is 4.74 Å². The number of ether oxygens (including phenoxy) is 2. The van der Waals surface area contributed by atoms with Crippen LogP contribution in [-0.4, -0.2) is 20.3 Å². The van der Waals surface area contributed by atoms with Crippen molar-refractivity contribution in [2.45, 2.75) is 51.4 Å². The van der Waals surface area contributed by atoms with Crippen molar-refractivity contribution >= 4 is 0 Å². The zero-order chi connectivity index (χ0) is 20.5. The number of hydrogen-bond donors (Lipinski definition) is 0. The van der Waals surface area contributed by atoms with E-state index in [0.29, 0.717) is 23.8 Å². The highest BCUT2D eigenvalue weighted by atomic mass is 19.1. The van der Waals surface area contributed by atoms with Gasteiger partial charge in [-0.15, -0.1) is 0 Å². The molecule has 1 aliphatic rings. The fourth-order valence-corrected chi connectivity index (χ4v) is 4.21. The van der Waals surface area contributed by atoms with Crippen molar-refractivity contribution in [3.05, 3.63) is 66.0 Å². The molecule has 2 aromatic carbocycles. The standard InChI is InChI=1S/C26H33FO2/c1-3-6-20-7-9-21(10-8-20)22-11-13-23(14-12-22)25-16-15-24(19-26(25)27)29-18-5-4-17-28-2/h3,6,11-16,19-21H,4-5,7-10,17-18H2,1-2H3. The van der Waals surface area contributed by atoms with Gasteiger partial charge in [-0.25, -0.2) is 4.39 Å². The molecule has 0 aliphatic heterocycles. The molecule has 2 aromatic rings. The molecular weight excluding hydrogens is 363 g/mol. The Labute approximate surface area is 174 Å². The van der Waals surface area contributed by atoms with Crippen molar-refractivity contribution in [3.63, 3.8) is 0 Å². The average molecular weight is 397 g/mol. The zero-order valence-electron chi connectivity index (χ0n) is 17.7. The molecule has 0 N–H and O–H groups in total. The normalized spacial score (nSPS) is 19.6. The van der Waals surface area contributed by atoms with E-state index in [1.54, 1.807) is 7.11 Å². The molecule has 1 aliphatic carbocycles. The number of halogens is 1. The number of benzene rings is 2. The lowest BCUT2D eigenvalue weighted by Gasteiger charge is -2.27. The van der Waals surface area contributed by atoms with Gasteiger partial charge in [0, 0.05) is 25.3 Å². The molecule has 2 nitrogen and oxygen atoms in total. The number of rotatable bonds is 9. The summed E-state index contributed by atoms with van der Waals surface area (Å²) in [5.41, 5.74) is 2.92. The summed E-state index contributed by atoms with van der Waals surface area (Å²) in [7, 11) is 1.69. The van der Waals surface area contributed by atoms with Crippen LogP contribution in [0.25, 0.3) is 11.1 Å². The first-order valence-corrected chi connectivity index (χ1v) is 10.9. The molecule has 0 saturated heterocycles. The van der Waals surface area contributed by atoms with E-state index in [0.717, 1.165) is 30.9 Å². The number of hydrogen-bond acceptors (Lipinski definition) is 2. The van der Waals surface area contributed by atoms with Crippen molar-refractivity contribution < 1.29 is 13.9 Å². The highest BCUT2D eigenvalue weighted by Crippen LogP contribution is 2.37. The monoisotopic (exact) mass is 396 g/mol. The fraction of sp³-hybridized carbons (Fsp3) is 0.462. The van der Waals surface area contributed by atoms with Crippen LogP contribution in [0.15, 0.2) is 54.6 Å². The van der Waals surface area contributed by atoms with Gasteiger partial charge in [0.25, 0.3) is 0 Å². The Balaban J connectivity index is 1.58. The molecule has 0 atom stereocenters. The Bertz CT molecular complexity index is 774. The highest BCUT2D eigenvalue weighted by Gasteiger charge is 2.20. The first-order valence-electron chi connectivity index (χ1n) is 10.9. The van der Waals surface area contributed by atoms with Crippen LogP contribution in [0.4, 0.5) is 4.39 Å². The lowest BCUT2D eigenvalue weighted by atomic mass is 9.78. The molecular formula is C26H33FO2. The van der Waals surface area contributed by atoms with E-state index >= 15 is 0 Å². The van der Waals surface area contributed by atoms with Gasteiger partial charge in [0.05, 0.1) is 6.61 Å². The molecule has 0 amide bonds. The Morgan fingerprint density at radius 1 is 0.966 bits per heavy atom. The van der Waals surface area contributed by atoms with E-state index in [1.165, 1.54) is 37.3 Å². The van der Waals surface area contributed by atoms with Crippen molar-refractivity contribution in [2.24, 2.45) is 5.92 Å². The molecule has 1 fully saturated rings. The van der Waals surface area contributed by atoms with Crippen LogP contribution < -0.4 is 4.74 Å². The Kier molecular flexibility index (Phi) is 8.30. The Morgan fingerprint density at radius 2 is 1.69 bits per heavy atom. The fourth-order valence-electron chi connectivity index (χ4n) is 4.21. The van der Waals surface area contributed by atoms with Crippen molar-refractivity contribution in [1.82, 2.24) is 0 Å². The molecule has 0 radical (unpaired) electrons. The van der Waals surface area contributed by atoms with Crippen molar-refractivity contribution in [3.8, 4) is 16.9 Å². The summed E-state index contributed by atoms with van der Waals surface area (Å²) in [6, 6.07) is 13.6. The van der Waals surface area contributed by atoms with Gasteiger partial charge in [-0.05, 0) is 80.5 Å². The van der Waals surface area contributed by atoms with Gasteiger partial charge in [0.2, 0.25) is 0 Å². The summed E-state index contributed by atoms with van der Waals surface area (Å²) in [4.78, 5) is 0. The average Bonchev–Trinajstić information content (AvgIpc) is 2.75. The third-order valence-corrected chi connectivity index (χ3v) is 5.88. The highest BCUT2D eigenvalue weighted by molar-refractivity contribution is 5.65. The zero-order valence-corrected chi connectivity index (χ0v) is 17.7. The van der Waals surface area contributed by atoms with E-state index in [2.05, 4.69) is 43.3 Å². The summed E-state index contributed by atoms with van der Waals surface area (Å²) in [5.74, 6) is 1.71. The minimum atomic E-state index is -0.237. The van der Waals surface area contributed by atoms with Crippen molar-refractivity contribution in [1.29, 1.82) is 0 Å². The van der Waals surface area contributed by atoms with Crippen LogP contribution >= 0.6 is 0 Å². The van der Waals surface area contributed by atoms with Gasteiger partial charge in [0.15, 0.2) is 0 Å². The van der Waals surface area contributed by atoms with E-state index < -0.39 is 0 Å². The van der Waals surface area contributed by atoms with E-state index in [4.69, 9.17) is 9.47 Å². The van der Waals surface area contributed by atoms with E-state index in [9.17, 15) is 4.39 Å². The second-order valence-corrected chi connectivity index (χ2v) is 7.95. The van der Waals surface area contributed by atoms with Gasteiger partial charge < -0.3 is 9.47 Å². The number of allylic oxidation sites excluding steroid dienone is 2. The summed E-state index contributed by atoms with van der Waals surface area (Å²) in [6.07, 6.45) is 11.4. The molecule has 0 heterocycles. The van der Waals surface area contributed by atoms with Gasteiger partial charge in [-0.1, -0.05) is 36.4 Å². The van der Waals surface area contributed by atoms with E-state index in [1.807, 2.05) is 12.1 Å². The predicted molar refractivity (Wildman–Crippen MR) is 118 cm³/mol. The molecule has 0 aromatic heterocycles. The van der Waals surface area contributed by atoms with Gasteiger partial charge in [-0.2, -0.15) is 0 Å². The predicted octanol–water partition coefficient (Wildman–Crippen LogP) is 7.15. The molecule has 1 saturated carbocycles. The molecule has 3 rings (SSSR count). The Morgan fingerprint density at radius 3 is 2.34 bits per heavy atom. The largest absolute Gasteiger partial charge is 0.493 e. The minimum Gasteiger partial charge on any atom is -0.493 e. The quantitative estimate of drug-likeness (QED) is 0.331. The molecule has 0 bridgehead atoms. The van der Waals surface area contributed by atoms with E-state index in [-0.39, 0.29) is 5.82 Å². The van der Waals surface area contributed by atoms with Crippen LogP contribution in [0.2, 0.25) is 0 Å². The van der Waals surface area contributed by atoms with Gasteiger partial charge >= 0.3 is 0 Å². The minimum absolute atomic E-state index is 0.237. The first-order chi connectivity index (χ1) is 14.2. The third-order valence-electron chi connectivity index (χ3n) is 5.88. The van der Waals surface area contributed by atoms with Crippen LogP contribution in [0.3, 0.4) is 0 Å². The number of methoxy groups -OCH3 is 1. The number of unbranched alkanes of at least 4 members (excludes halogenated alkanes) is 1. The third kappa shape index (κ3) is 6.17. The lowest BCUT2D eigenvalue weighted by Crippen LogP contribution is -2.11. The van der Waals surface area contributed by atoms with Crippen LogP contribution in [0.1, 0.15) is 56.9 Å². The maximum Gasteiger partial charge on any atom is 0.134 e. The maximum absolute atomic E-state index is 14.6. The second kappa shape index (κ2) is 11.2. The molecule has 29 heavy (non-hydrogen) atoms. The topological polar surface area (TPSA) is 18.5 Å². The maximum atomic E-state index is 14.6. The molecule has 0 spiro atoms. The van der Waals surface area contributed by atoms with Gasteiger partial charge in [-0.3, -0.25) is 0 Å².